The van der Waals surface area contributed by atoms with Crippen LogP contribution < -0.4 is 15.2 Å². The van der Waals surface area contributed by atoms with E-state index in [0.29, 0.717) is 18.0 Å². The largest absolute Gasteiger partial charge is 0.493 e. The molecule has 2 N–H and O–H groups in total. The zero-order chi connectivity index (χ0) is 17.8. The van der Waals surface area contributed by atoms with Crippen LogP contribution in [0.4, 0.5) is 0 Å². The predicted molar refractivity (Wildman–Crippen MR) is 98.7 cm³/mol. The standard InChI is InChI=1S/C20H23N3O2/c1-14-11-18(23(22-14)16-7-5-4-6-8-16)17(13-21)15-9-10-19(24-2)20(12-15)25-3/h4-12,17H,13,21H2,1-3H3. The molecule has 25 heavy (non-hydrogen) atoms. The van der Waals surface area contributed by atoms with Crippen LogP contribution in [0.2, 0.25) is 0 Å². The van der Waals surface area contributed by atoms with Crippen molar-refractivity contribution in [3.63, 3.8) is 0 Å². The molecule has 2 aromatic carbocycles. The maximum atomic E-state index is 6.14. The van der Waals surface area contributed by atoms with Crippen molar-refractivity contribution in [1.29, 1.82) is 0 Å². The van der Waals surface area contributed by atoms with Crippen LogP contribution in [0.3, 0.4) is 0 Å². The molecule has 3 rings (SSSR count). The van der Waals surface area contributed by atoms with E-state index >= 15 is 0 Å². The summed E-state index contributed by atoms with van der Waals surface area (Å²) in [7, 11) is 3.27. The summed E-state index contributed by atoms with van der Waals surface area (Å²) in [5, 5.41) is 4.66. The van der Waals surface area contributed by atoms with E-state index in [1.54, 1.807) is 14.2 Å². The van der Waals surface area contributed by atoms with Crippen LogP contribution in [0.15, 0.2) is 54.6 Å². The van der Waals surface area contributed by atoms with E-state index in [-0.39, 0.29) is 5.92 Å². The SMILES string of the molecule is COc1ccc(C(CN)c2cc(C)nn2-c2ccccc2)cc1OC. The van der Waals surface area contributed by atoms with Gasteiger partial charge in [0.05, 0.1) is 31.3 Å². The summed E-state index contributed by atoms with van der Waals surface area (Å²) in [5.41, 5.74) is 10.2. The first-order chi connectivity index (χ1) is 12.2. The zero-order valence-corrected chi connectivity index (χ0v) is 14.8. The van der Waals surface area contributed by atoms with Crippen LogP contribution >= 0.6 is 0 Å². The molecule has 0 aliphatic carbocycles. The number of aromatic nitrogens is 2. The third kappa shape index (κ3) is 3.37. The second-order valence-electron chi connectivity index (χ2n) is 5.86. The lowest BCUT2D eigenvalue weighted by atomic mass is 9.95. The normalized spacial score (nSPS) is 12.0. The molecule has 5 heteroatoms. The summed E-state index contributed by atoms with van der Waals surface area (Å²) in [6.45, 7) is 2.46. The van der Waals surface area contributed by atoms with E-state index in [2.05, 4.69) is 11.2 Å². The molecule has 1 aromatic heterocycles. The van der Waals surface area contributed by atoms with Crippen molar-refractivity contribution in [2.75, 3.05) is 20.8 Å². The predicted octanol–water partition coefficient (Wildman–Crippen LogP) is 3.29. The molecule has 0 bridgehead atoms. The molecule has 0 fully saturated rings. The van der Waals surface area contributed by atoms with Gasteiger partial charge in [-0.25, -0.2) is 4.68 Å². The van der Waals surface area contributed by atoms with Crippen molar-refractivity contribution in [3.8, 4) is 17.2 Å². The molecule has 0 saturated heterocycles. The van der Waals surface area contributed by atoms with Gasteiger partial charge in [-0.15, -0.1) is 0 Å². The first-order valence-corrected chi connectivity index (χ1v) is 8.22. The summed E-state index contributed by atoms with van der Waals surface area (Å²) in [5.74, 6) is 1.40. The summed E-state index contributed by atoms with van der Waals surface area (Å²) < 4.78 is 12.7. The van der Waals surface area contributed by atoms with Crippen molar-refractivity contribution >= 4 is 0 Å². The van der Waals surface area contributed by atoms with Gasteiger partial charge in [-0.2, -0.15) is 5.10 Å². The molecule has 0 spiro atoms. The maximum absolute atomic E-state index is 6.14. The second-order valence-corrected chi connectivity index (χ2v) is 5.86. The minimum absolute atomic E-state index is 0.00112. The summed E-state index contributed by atoms with van der Waals surface area (Å²) in [6.07, 6.45) is 0. The molecule has 130 valence electrons. The zero-order valence-electron chi connectivity index (χ0n) is 14.8. The quantitative estimate of drug-likeness (QED) is 0.750. The molecular formula is C20H23N3O2. The monoisotopic (exact) mass is 337 g/mol. The highest BCUT2D eigenvalue weighted by Gasteiger charge is 2.20. The molecule has 1 unspecified atom stereocenters. The van der Waals surface area contributed by atoms with Gasteiger partial charge in [0.2, 0.25) is 0 Å². The van der Waals surface area contributed by atoms with Crippen LogP contribution in [0, 0.1) is 6.92 Å². The molecule has 1 atom stereocenters. The Morgan fingerprint density at radius 1 is 1.00 bits per heavy atom. The van der Waals surface area contributed by atoms with Gasteiger partial charge in [-0.1, -0.05) is 24.3 Å². The molecule has 5 nitrogen and oxygen atoms in total. The van der Waals surface area contributed by atoms with E-state index in [4.69, 9.17) is 15.2 Å². The van der Waals surface area contributed by atoms with Crippen molar-refractivity contribution in [3.05, 3.63) is 71.5 Å². The van der Waals surface area contributed by atoms with Gasteiger partial charge in [-0.05, 0) is 42.8 Å². The Bertz CT molecular complexity index is 843. The lowest BCUT2D eigenvalue weighted by Gasteiger charge is -2.19. The third-order valence-corrected chi connectivity index (χ3v) is 4.26. The Kier molecular flexibility index (Phi) is 5.05. The Morgan fingerprint density at radius 2 is 1.72 bits per heavy atom. The van der Waals surface area contributed by atoms with Crippen molar-refractivity contribution in [2.45, 2.75) is 12.8 Å². The maximum Gasteiger partial charge on any atom is 0.161 e. The summed E-state index contributed by atoms with van der Waals surface area (Å²) >= 11 is 0. The number of methoxy groups -OCH3 is 2. The fraction of sp³-hybridized carbons (Fsp3) is 0.250. The van der Waals surface area contributed by atoms with Crippen molar-refractivity contribution < 1.29 is 9.47 Å². The minimum atomic E-state index is 0.00112. The molecule has 3 aromatic rings. The molecular weight excluding hydrogens is 314 g/mol. The van der Waals surface area contributed by atoms with Crippen LogP contribution in [-0.2, 0) is 0 Å². The number of para-hydroxylation sites is 1. The second kappa shape index (κ2) is 7.40. The molecule has 0 amide bonds. The van der Waals surface area contributed by atoms with E-state index in [1.807, 2.05) is 60.1 Å². The average molecular weight is 337 g/mol. The molecule has 1 heterocycles. The van der Waals surface area contributed by atoms with Crippen molar-refractivity contribution in [1.82, 2.24) is 9.78 Å². The number of rotatable bonds is 6. The van der Waals surface area contributed by atoms with Gasteiger partial charge < -0.3 is 15.2 Å². The average Bonchev–Trinajstić information content (AvgIpc) is 3.04. The lowest BCUT2D eigenvalue weighted by Crippen LogP contribution is -2.17. The van der Waals surface area contributed by atoms with Gasteiger partial charge in [0.25, 0.3) is 0 Å². The highest BCUT2D eigenvalue weighted by Crippen LogP contribution is 2.33. The van der Waals surface area contributed by atoms with E-state index in [0.717, 1.165) is 22.6 Å². The first kappa shape index (κ1) is 17.0. The number of nitrogens with zero attached hydrogens (tertiary/aromatic N) is 2. The number of hydrogen-bond donors (Lipinski definition) is 1. The Balaban J connectivity index is 2.08. The van der Waals surface area contributed by atoms with Gasteiger partial charge in [-0.3, -0.25) is 0 Å². The minimum Gasteiger partial charge on any atom is -0.493 e. The lowest BCUT2D eigenvalue weighted by molar-refractivity contribution is 0.354. The molecule has 0 saturated carbocycles. The number of aryl methyl sites for hydroxylation is 1. The fourth-order valence-electron chi connectivity index (χ4n) is 3.04. The van der Waals surface area contributed by atoms with Gasteiger partial charge in [0.15, 0.2) is 11.5 Å². The summed E-state index contributed by atoms with van der Waals surface area (Å²) in [4.78, 5) is 0. The van der Waals surface area contributed by atoms with E-state index in [9.17, 15) is 0 Å². The molecule has 0 aliphatic rings. The van der Waals surface area contributed by atoms with Gasteiger partial charge in [0, 0.05) is 12.5 Å². The Morgan fingerprint density at radius 3 is 2.36 bits per heavy atom. The number of nitrogens with two attached hydrogens (primary N) is 1. The Hall–Kier alpha value is -2.79. The third-order valence-electron chi connectivity index (χ3n) is 4.26. The van der Waals surface area contributed by atoms with Crippen LogP contribution in [0.5, 0.6) is 11.5 Å². The Labute approximate surface area is 148 Å². The van der Waals surface area contributed by atoms with Gasteiger partial charge >= 0.3 is 0 Å². The van der Waals surface area contributed by atoms with Crippen molar-refractivity contribution in [2.24, 2.45) is 5.73 Å². The van der Waals surface area contributed by atoms with Crippen LogP contribution in [-0.4, -0.2) is 30.5 Å². The summed E-state index contributed by atoms with van der Waals surface area (Å²) in [6, 6.07) is 18.1. The molecule has 0 aliphatic heterocycles. The number of ether oxygens (including phenoxy) is 2. The topological polar surface area (TPSA) is 62.3 Å². The smallest absolute Gasteiger partial charge is 0.161 e. The number of hydrogen-bond acceptors (Lipinski definition) is 4. The number of benzene rings is 2. The first-order valence-electron chi connectivity index (χ1n) is 8.22. The highest BCUT2D eigenvalue weighted by molar-refractivity contribution is 5.46. The van der Waals surface area contributed by atoms with E-state index in [1.165, 1.54) is 0 Å². The highest BCUT2D eigenvalue weighted by atomic mass is 16.5. The fourth-order valence-corrected chi connectivity index (χ4v) is 3.04. The van der Waals surface area contributed by atoms with Crippen LogP contribution in [0.25, 0.3) is 5.69 Å². The molecule has 0 radical (unpaired) electrons. The van der Waals surface area contributed by atoms with Crippen LogP contribution in [0.1, 0.15) is 22.9 Å². The van der Waals surface area contributed by atoms with E-state index < -0.39 is 0 Å². The van der Waals surface area contributed by atoms with Gasteiger partial charge in [0.1, 0.15) is 0 Å².